The first-order valence-corrected chi connectivity index (χ1v) is 9.45. The third kappa shape index (κ3) is 4.72. The van der Waals surface area contributed by atoms with E-state index in [-0.39, 0.29) is 21.7 Å². The fourth-order valence-corrected chi connectivity index (χ4v) is 3.35. The first-order chi connectivity index (χ1) is 14.5. The number of hydrogen-bond donors (Lipinski definition) is 2. The zero-order chi connectivity index (χ0) is 22.9. The van der Waals surface area contributed by atoms with Crippen LogP contribution in [-0.4, -0.2) is 16.4 Å². The van der Waals surface area contributed by atoms with Gasteiger partial charge in [0.05, 0.1) is 12.0 Å². The summed E-state index contributed by atoms with van der Waals surface area (Å²) in [5.41, 5.74) is 3.80. The molecule has 0 fully saturated rings. The number of nitrogens with two attached hydrogens (primary N) is 1. The van der Waals surface area contributed by atoms with Crippen molar-refractivity contribution in [2.75, 3.05) is 5.32 Å². The van der Waals surface area contributed by atoms with E-state index >= 15 is 0 Å². The molecule has 0 aliphatic heterocycles. The molecule has 0 bridgehead atoms. The molecule has 1 aromatic heterocycles. The van der Waals surface area contributed by atoms with Crippen LogP contribution in [0.25, 0.3) is 10.8 Å². The molecule has 1 heterocycles. The van der Waals surface area contributed by atoms with Crippen molar-refractivity contribution in [1.29, 1.82) is 0 Å². The van der Waals surface area contributed by atoms with E-state index in [1.807, 2.05) is 0 Å². The van der Waals surface area contributed by atoms with E-state index in [4.69, 9.17) is 17.3 Å². The van der Waals surface area contributed by atoms with Crippen LogP contribution in [0.5, 0.6) is 0 Å². The van der Waals surface area contributed by atoms with Crippen molar-refractivity contribution in [3.63, 3.8) is 0 Å². The molecule has 0 aliphatic rings. The highest BCUT2D eigenvalue weighted by atomic mass is 35.5. The van der Waals surface area contributed by atoms with Gasteiger partial charge in [0.15, 0.2) is 0 Å². The average molecular weight is 452 g/mol. The molecule has 0 saturated heterocycles. The quantitative estimate of drug-likeness (QED) is 0.616. The summed E-state index contributed by atoms with van der Waals surface area (Å²) >= 11 is 5.66. The van der Waals surface area contributed by atoms with Crippen LogP contribution in [0.3, 0.4) is 0 Å². The highest BCUT2D eigenvalue weighted by Gasteiger charge is 2.34. The molecule has 6 nitrogen and oxygen atoms in total. The standard InChI is InChI=1S/C21H17ClF3N3O3/c1-11(19(26)30)28-8-7-14-15(20(28)31)3-2-4-17(14)27-18(29)9-12-5-6-13(22)10-16(12)21(23,24)25/h2-8,10-11H,9H2,1H3,(H2,26,30)(H,27,29)/t11-/m1/s1. The van der Waals surface area contributed by atoms with Crippen molar-refractivity contribution in [1.82, 2.24) is 4.57 Å². The van der Waals surface area contributed by atoms with Gasteiger partial charge >= 0.3 is 6.18 Å². The Hall–Kier alpha value is -3.33. The smallest absolute Gasteiger partial charge is 0.368 e. The van der Waals surface area contributed by atoms with Gasteiger partial charge in [0.25, 0.3) is 5.56 Å². The van der Waals surface area contributed by atoms with E-state index in [2.05, 4.69) is 5.32 Å². The molecule has 0 unspecified atom stereocenters. The van der Waals surface area contributed by atoms with Gasteiger partial charge < -0.3 is 15.6 Å². The molecule has 3 rings (SSSR count). The van der Waals surface area contributed by atoms with Crippen LogP contribution in [0.15, 0.2) is 53.5 Å². The zero-order valence-electron chi connectivity index (χ0n) is 16.2. The second kappa shape index (κ2) is 8.43. The molecule has 3 N–H and O–H groups in total. The third-order valence-corrected chi connectivity index (χ3v) is 5.04. The number of fused-ring (bicyclic) bond motifs is 1. The molecule has 0 spiro atoms. The minimum Gasteiger partial charge on any atom is -0.368 e. The number of primary amides is 1. The Morgan fingerprint density at radius 1 is 1.16 bits per heavy atom. The summed E-state index contributed by atoms with van der Waals surface area (Å²) in [6.45, 7) is 1.48. The fraction of sp³-hybridized carbons (Fsp3) is 0.190. The second-order valence-electron chi connectivity index (χ2n) is 6.90. The Kier molecular flexibility index (Phi) is 6.08. The van der Waals surface area contributed by atoms with Gasteiger partial charge in [-0.2, -0.15) is 13.2 Å². The van der Waals surface area contributed by atoms with E-state index in [1.165, 1.54) is 48.0 Å². The van der Waals surface area contributed by atoms with Gasteiger partial charge in [0.1, 0.15) is 6.04 Å². The first kappa shape index (κ1) is 22.4. The fourth-order valence-electron chi connectivity index (χ4n) is 3.18. The van der Waals surface area contributed by atoms with Gasteiger partial charge in [-0.05, 0) is 42.8 Å². The molecule has 2 aromatic carbocycles. The molecular weight excluding hydrogens is 435 g/mol. The Labute approximate surface area is 179 Å². The summed E-state index contributed by atoms with van der Waals surface area (Å²) in [4.78, 5) is 36.6. The first-order valence-electron chi connectivity index (χ1n) is 9.07. The van der Waals surface area contributed by atoms with Gasteiger partial charge in [-0.15, -0.1) is 0 Å². The molecule has 0 saturated carbocycles. The molecule has 0 aliphatic carbocycles. The Morgan fingerprint density at radius 3 is 2.52 bits per heavy atom. The number of nitrogens with one attached hydrogen (secondary N) is 1. The maximum atomic E-state index is 13.3. The molecule has 10 heteroatoms. The van der Waals surface area contributed by atoms with Crippen LogP contribution in [0.1, 0.15) is 24.1 Å². The number of benzene rings is 2. The lowest BCUT2D eigenvalue weighted by Crippen LogP contribution is -2.31. The Morgan fingerprint density at radius 2 is 1.87 bits per heavy atom. The lowest BCUT2D eigenvalue weighted by Gasteiger charge is -2.15. The van der Waals surface area contributed by atoms with Crippen molar-refractivity contribution in [2.45, 2.75) is 25.6 Å². The number of pyridine rings is 1. The van der Waals surface area contributed by atoms with Crippen LogP contribution >= 0.6 is 11.6 Å². The van der Waals surface area contributed by atoms with E-state index in [1.54, 1.807) is 0 Å². The molecular formula is C21H17ClF3N3O3. The van der Waals surface area contributed by atoms with E-state index in [9.17, 15) is 27.6 Å². The van der Waals surface area contributed by atoms with E-state index < -0.39 is 41.6 Å². The van der Waals surface area contributed by atoms with Crippen molar-refractivity contribution < 1.29 is 22.8 Å². The summed E-state index contributed by atoms with van der Waals surface area (Å²) in [5, 5.41) is 3.05. The van der Waals surface area contributed by atoms with Gasteiger partial charge in [-0.25, -0.2) is 0 Å². The molecule has 3 aromatic rings. The van der Waals surface area contributed by atoms with Crippen LogP contribution < -0.4 is 16.6 Å². The SMILES string of the molecule is C[C@H](C(N)=O)n1ccc2c(NC(=O)Cc3ccc(Cl)cc3C(F)(F)F)cccc2c1=O. The maximum absolute atomic E-state index is 13.3. The summed E-state index contributed by atoms with van der Waals surface area (Å²) in [5.74, 6) is -1.38. The number of anilines is 1. The number of rotatable bonds is 5. The van der Waals surface area contributed by atoms with Gasteiger partial charge in [0.2, 0.25) is 11.8 Å². The monoisotopic (exact) mass is 451 g/mol. The largest absolute Gasteiger partial charge is 0.416 e. The summed E-state index contributed by atoms with van der Waals surface area (Å²) in [7, 11) is 0. The van der Waals surface area contributed by atoms with Gasteiger partial charge in [0, 0.05) is 27.7 Å². The highest BCUT2D eigenvalue weighted by Crippen LogP contribution is 2.34. The summed E-state index contributed by atoms with van der Waals surface area (Å²) in [6, 6.07) is 8.40. The minimum absolute atomic E-state index is 0.0907. The number of alkyl halides is 3. The molecule has 2 amide bonds. The number of carbonyl (C=O) groups is 2. The Bertz CT molecular complexity index is 1240. The number of halogens is 4. The zero-order valence-corrected chi connectivity index (χ0v) is 16.9. The van der Waals surface area contributed by atoms with Gasteiger partial charge in [-0.3, -0.25) is 14.4 Å². The van der Waals surface area contributed by atoms with E-state index in [0.29, 0.717) is 5.39 Å². The lowest BCUT2D eigenvalue weighted by atomic mass is 10.0. The Balaban J connectivity index is 1.93. The molecule has 1 atom stereocenters. The summed E-state index contributed by atoms with van der Waals surface area (Å²) in [6.07, 6.45) is -3.84. The average Bonchev–Trinajstić information content (AvgIpc) is 2.69. The summed E-state index contributed by atoms with van der Waals surface area (Å²) < 4.78 is 40.9. The minimum atomic E-state index is -4.66. The predicted molar refractivity (Wildman–Crippen MR) is 111 cm³/mol. The topological polar surface area (TPSA) is 94.2 Å². The van der Waals surface area contributed by atoms with Crippen molar-refractivity contribution in [3.8, 4) is 0 Å². The predicted octanol–water partition coefficient (Wildman–Crippen LogP) is 3.90. The molecule has 162 valence electrons. The normalized spacial score (nSPS) is 12.5. The number of amides is 2. The van der Waals surface area contributed by atoms with Crippen LogP contribution in [0, 0.1) is 0 Å². The van der Waals surface area contributed by atoms with Crippen LogP contribution in [0.4, 0.5) is 18.9 Å². The van der Waals surface area contributed by atoms with Gasteiger partial charge in [-0.1, -0.05) is 23.7 Å². The lowest BCUT2D eigenvalue weighted by molar-refractivity contribution is -0.138. The van der Waals surface area contributed by atoms with Crippen molar-refractivity contribution >= 4 is 39.9 Å². The maximum Gasteiger partial charge on any atom is 0.416 e. The van der Waals surface area contributed by atoms with Crippen LogP contribution in [-0.2, 0) is 22.2 Å². The van der Waals surface area contributed by atoms with E-state index in [0.717, 1.165) is 12.1 Å². The molecule has 0 radical (unpaired) electrons. The number of nitrogens with zero attached hydrogens (tertiary/aromatic N) is 1. The second-order valence-corrected chi connectivity index (χ2v) is 7.33. The molecule has 31 heavy (non-hydrogen) atoms. The number of hydrogen-bond acceptors (Lipinski definition) is 3. The highest BCUT2D eigenvalue weighted by molar-refractivity contribution is 6.30. The van der Waals surface area contributed by atoms with Crippen molar-refractivity contribution in [2.24, 2.45) is 5.73 Å². The number of carbonyl (C=O) groups excluding carboxylic acids is 2. The van der Waals surface area contributed by atoms with Crippen LogP contribution in [0.2, 0.25) is 5.02 Å². The third-order valence-electron chi connectivity index (χ3n) is 4.80. The number of aromatic nitrogens is 1. The van der Waals surface area contributed by atoms with Crippen molar-refractivity contribution in [3.05, 3.63) is 75.2 Å².